The number of methoxy groups -OCH3 is 2. The van der Waals surface area contributed by atoms with Gasteiger partial charge in [0.05, 0.1) is 27.4 Å². The highest BCUT2D eigenvalue weighted by atomic mass is 16.9. The molecule has 3 saturated heterocycles. The number of ether oxygens (including phenoxy) is 7. The SMILES string of the molecule is COc1ccc(CO[C@H]2C3OC4O[C@H]2C(O)[C@H](O4)[C@H]3OCc2ccc(OC)cc2)cc1. The summed E-state index contributed by atoms with van der Waals surface area (Å²) in [6.45, 7) is -0.101. The van der Waals surface area contributed by atoms with Crippen LogP contribution in [0.25, 0.3) is 0 Å². The van der Waals surface area contributed by atoms with Crippen molar-refractivity contribution >= 4 is 0 Å². The number of hydrogen-bond acceptors (Lipinski definition) is 8. The highest BCUT2D eigenvalue weighted by Crippen LogP contribution is 2.42. The van der Waals surface area contributed by atoms with E-state index in [0.29, 0.717) is 13.2 Å². The monoisotopic (exact) mass is 430 g/mol. The minimum atomic E-state index is -0.863. The molecule has 4 fully saturated rings. The van der Waals surface area contributed by atoms with Gasteiger partial charge in [-0.25, -0.2) is 0 Å². The number of rotatable bonds is 8. The van der Waals surface area contributed by atoms with Crippen molar-refractivity contribution in [3.8, 4) is 11.5 Å². The molecule has 0 unspecified atom stereocenters. The van der Waals surface area contributed by atoms with Gasteiger partial charge in [-0.05, 0) is 35.4 Å². The molecule has 4 atom stereocenters. The Hall–Kier alpha value is -2.20. The average Bonchev–Trinajstić information content (AvgIpc) is 2.81. The van der Waals surface area contributed by atoms with E-state index in [1.807, 2.05) is 48.5 Å². The molecular weight excluding hydrogens is 404 g/mol. The van der Waals surface area contributed by atoms with Crippen molar-refractivity contribution in [2.45, 2.75) is 56.3 Å². The summed E-state index contributed by atoms with van der Waals surface area (Å²) in [4.78, 5) is 0. The van der Waals surface area contributed by atoms with Gasteiger partial charge in [0.2, 0.25) is 0 Å². The third-order valence-electron chi connectivity index (χ3n) is 5.98. The van der Waals surface area contributed by atoms with Crippen LogP contribution in [0.15, 0.2) is 48.5 Å². The predicted molar refractivity (Wildman–Crippen MR) is 108 cm³/mol. The van der Waals surface area contributed by atoms with E-state index < -0.39 is 43.1 Å². The minimum absolute atomic E-state index is 0.350. The van der Waals surface area contributed by atoms with Crippen molar-refractivity contribution in [3.63, 3.8) is 0 Å². The van der Waals surface area contributed by atoms with E-state index in [-0.39, 0.29) is 0 Å². The van der Waals surface area contributed by atoms with Crippen molar-refractivity contribution in [2.24, 2.45) is 0 Å². The summed E-state index contributed by atoms with van der Waals surface area (Å²) in [6.07, 6.45) is -3.27. The van der Waals surface area contributed by atoms with Crippen molar-refractivity contribution in [1.29, 1.82) is 0 Å². The van der Waals surface area contributed by atoms with Gasteiger partial charge >= 0.3 is 0 Å². The Morgan fingerprint density at radius 2 is 1.10 bits per heavy atom. The third kappa shape index (κ3) is 4.03. The zero-order valence-corrected chi connectivity index (χ0v) is 17.4. The van der Waals surface area contributed by atoms with Crippen molar-refractivity contribution in [3.05, 3.63) is 59.7 Å². The van der Waals surface area contributed by atoms with Crippen molar-refractivity contribution in [1.82, 2.24) is 0 Å². The molecule has 6 rings (SSSR count). The minimum Gasteiger partial charge on any atom is -0.497 e. The van der Waals surface area contributed by atoms with E-state index >= 15 is 0 Å². The first-order valence-electron chi connectivity index (χ1n) is 10.3. The van der Waals surface area contributed by atoms with Crippen molar-refractivity contribution < 1.29 is 38.3 Å². The standard InChI is InChI=1S/C23H26O8/c1-25-15-7-3-13(4-8-15)11-27-20-18-17(24)19-21(22(20)31-23(29-18)30-19)28-12-14-5-9-16(26-2)10-6-14/h3-10,17-24H,11-12H2,1-2H3/t17?,18-,19-,20+,21+,22?,23?/m0/s1. The molecule has 0 spiro atoms. The molecule has 4 aliphatic rings. The lowest BCUT2D eigenvalue weighted by Gasteiger charge is -2.57. The first-order chi connectivity index (χ1) is 15.2. The number of hydrogen-bond donors (Lipinski definition) is 1. The summed E-state index contributed by atoms with van der Waals surface area (Å²) >= 11 is 0. The fourth-order valence-electron chi connectivity index (χ4n) is 4.30. The Morgan fingerprint density at radius 3 is 1.52 bits per heavy atom. The second kappa shape index (κ2) is 8.74. The average molecular weight is 430 g/mol. The molecule has 2 aromatic carbocycles. The van der Waals surface area contributed by atoms with E-state index in [4.69, 9.17) is 33.2 Å². The quantitative estimate of drug-likeness (QED) is 0.681. The lowest BCUT2D eigenvalue weighted by molar-refractivity contribution is -0.487. The maximum atomic E-state index is 10.8. The van der Waals surface area contributed by atoms with Gasteiger partial charge in [-0.15, -0.1) is 0 Å². The molecule has 31 heavy (non-hydrogen) atoms. The van der Waals surface area contributed by atoms with Crippen LogP contribution in [0.2, 0.25) is 0 Å². The topological polar surface area (TPSA) is 84.8 Å². The van der Waals surface area contributed by atoms with Gasteiger partial charge in [0.1, 0.15) is 48.1 Å². The van der Waals surface area contributed by atoms with Crippen LogP contribution in [0.1, 0.15) is 11.1 Å². The first kappa shape index (κ1) is 20.7. The highest BCUT2D eigenvalue weighted by molar-refractivity contribution is 5.27. The molecule has 1 aliphatic carbocycles. The summed E-state index contributed by atoms with van der Waals surface area (Å²) in [6, 6.07) is 15.3. The fraction of sp³-hybridized carbons (Fsp3) is 0.478. The second-order valence-electron chi connectivity index (χ2n) is 7.83. The maximum absolute atomic E-state index is 10.8. The normalized spacial score (nSPS) is 33.5. The smallest absolute Gasteiger partial charge is 0.272 e. The molecule has 3 aliphatic heterocycles. The van der Waals surface area contributed by atoms with E-state index in [2.05, 4.69) is 0 Å². The Kier molecular flexibility index (Phi) is 5.83. The maximum Gasteiger partial charge on any atom is 0.272 e. The molecule has 3 heterocycles. The molecular formula is C23H26O8. The van der Waals surface area contributed by atoms with Crippen LogP contribution < -0.4 is 9.47 Å². The summed E-state index contributed by atoms with van der Waals surface area (Å²) in [5.41, 5.74) is 1.96. The van der Waals surface area contributed by atoms with Crippen molar-refractivity contribution in [2.75, 3.05) is 14.2 Å². The molecule has 8 heteroatoms. The Labute approximate surface area is 180 Å². The van der Waals surface area contributed by atoms with E-state index in [0.717, 1.165) is 22.6 Å². The lowest BCUT2D eigenvalue weighted by atomic mass is 9.82. The molecule has 1 N–H and O–H groups in total. The van der Waals surface area contributed by atoms with Gasteiger partial charge < -0.3 is 38.3 Å². The summed E-state index contributed by atoms with van der Waals surface area (Å²) in [5, 5.41) is 10.8. The fourth-order valence-corrected chi connectivity index (χ4v) is 4.30. The molecule has 4 bridgehead atoms. The van der Waals surface area contributed by atoms with Crippen LogP contribution in [-0.4, -0.2) is 62.4 Å². The van der Waals surface area contributed by atoms with Gasteiger partial charge in [-0.1, -0.05) is 24.3 Å². The molecule has 0 radical (unpaired) electrons. The van der Waals surface area contributed by atoms with Crippen LogP contribution >= 0.6 is 0 Å². The zero-order chi connectivity index (χ0) is 21.4. The molecule has 166 valence electrons. The van der Waals surface area contributed by atoms with Gasteiger partial charge in [0.25, 0.3) is 6.48 Å². The Morgan fingerprint density at radius 1 is 0.677 bits per heavy atom. The Balaban J connectivity index is 1.27. The van der Waals surface area contributed by atoms with Crippen LogP contribution in [0.3, 0.4) is 0 Å². The molecule has 8 nitrogen and oxygen atoms in total. The lowest BCUT2D eigenvalue weighted by Crippen LogP contribution is -2.75. The molecule has 1 saturated carbocycles. The van der Waals surface area contributed by atoms with Crippen LogP contribution in [0, 0.1) is 0 Å². The molecule has 0 amide bonds. The largest absolute Gasteiger partial charge is 0.497 e. The number of benzene rings is 2. The van der Waals surface area contributed by atoms with E-state index in [1.165, 1.54) is 0 Å². The van der Waals surface area contributed by atoms with Gasteiger partial charge in [0, 0.05) is 0 Å². The molecule has 0 aromatic heterocycles. The number of aliphatic hydroxyl groups is 1. The van der Waals surface area contributed by atoms with Crippen LogP contribution in [0.4, 0.5) is 0 Å². The first-order valence-corrected chi connectivity index (χ1v) is 10.3. The van der Waals surface area contributed by atoms with Crippen LogP contribution in [-0.2, 0) is 36.9 Å². The second-order valence-corrected chi connectivity index (χ2v) is 7.83. The summed E-state index contributed by atoms with van der Waals surface area (Å²) in [5.74, 6) is 1.56. The van der Waals surface area contributed by atoms with E-state index in [9.17, 15) is 5.11 Å². The third-order valence-corrected chi connectivity index (χ3v) is 5.98. The zero-order valence-electron chi connectivity index (χ0n) is 17.4. The van der Waals surface area contributed by atoms with Gasteiger partial charge in [0.15, 0.2) is 0 Å². The summed E-state index contributed by atoms with van der Waals surface area (Å²) in [7, 11) is 3.26. The van der Waals surface area contributed by atoms with Gasteiger partial charge in [-0.3, -0.25) is 0 Å². The highest BCUT2D eigenvalue weighted by Gasteiger charge is 2.62. The van der Waals surface area contributed by atoms with Gasteiger partial charge in [-0.2, -0.15) is 0 Å². The van der Waals surface area contributed by atoms with E-state index in [1.54, 1.807) is 14.2 Å². The predicted octanol–water partition coefficient (Wildman–Crippen LogP) is 2.02. The van der Waals surface area contributed by atoms with Crippen LogP contribution in [0.5, 0.6) is 11.5 Å². The summed E-state index contributed by atoms with van der Waals surface area (Å²) < 4.78 is 40.0. The number of aliphatic hydroxyl groups excluding tert-OH is 1. The molecule has 2 aromatic rings. The Bertz CT molecular complexity index is 801.